The van der Waals surface area contributed by atoms with Crippen LogP contribution in [0.2, 0.25) is 0 Å². The molecule has 3 N–H and O–H groups in total. The summed E-state index contributed by atoms with van der Waals surface area (Å²) in [5.74, 6) is -1.20. The Morgan fingerprint density at radius 2 is 1.82 bits per heavy atom. The van der Waals surface area contributed by atoms with Crippen LogP contribution in [0.25, 0.3) is 6.08 Å². The molecule has 1 amide bonds. The molecule has 0 radical (unpaired) electrons. The van der Waals surface area contributed by atoms with E-state index in [0.717, 1.165) is 11.8 Å². The fraction of sp³-hybridized carbons (Fsp3) is 0.105. The number of methoxy groups -OCH3 is 2. The zero-order valence-corrected chi connectivity index (χ0v) is 15.7. The molecule has 8 nitrogen and oxygen atoms in total. The number of phenols is 1. The van der Waals surface area contributed by atoms with Crippen molar-refractivity contribution in [2.75, 3.05) is 14.2 Å². The lowest BCUT2D eigenvalue weighted by Crippen LogP contribution is -2.19. The van der Waals surface area contributed by atoms with Crippen LogP contribution in [0.4, 0.5) is 5.69 Å². The number of nitrogens with zero attached hydrogens (tertiary/aromatic N) is 1. The van der Waals surface area contributed by atoms with Gasteiger partial charge in [-0.15, -0.1) is 0 Å². The van der Waals surface area contributed by atoms with Crippen LogP contribution >= 0.6 is 11.8 Å². The van der Waals surface area contributed by atoms with Crippen molar-refractivity contribution in [2.24, 2.45) is 4.99 Å². The number of benzene rings is 2. The summed E-state index contributed by atoms with van der Waals surface area (Å²) in [6, 6.07) is 9.39. The summed E-state index contributed by atoms with van der Waals surface area (Å²) in [5.41, 5.74) is 0.860. The van der Waals surface area contributed by atoms with E-state index < -0.39 is 5.97 Å². The average molecular weight is 400 g/mol. The molecule has 2 aromatic rings. The highest BCUT2D eigenvalue weighted by atomic mass is 32.2. The highest BCUT2D eigenvalue weighted by Crippen LogP contribution is 2.38. The van der Waals surface area contributed by atoms with Gasteiger partial charge in [-0.1, -0.05) is 12.1 Å². The van der Waals surface area contributed by atoms with E-state index in [4.69, 9.17) is 9.47 Å². The Balaban J connectivity index is 1.93. The Kier molecular flexibility index (Phi) is 5.55. The van der Waals surface area contributed by atoms with E-state index in [2.05, 4.69) is 10.3 Å². The number of phenolic OH excluding ortho intramolecular Hbond substituents is 1. The number of carbonyl (C=O) groups is 2. The lowest BCUT2D eigenvalue weighted by molar-refractivity contribution is -0.115. The van der Waals surface area contributed by atoms with Crippen LogP contribution in [0.1, 0.15) is 15.9 Å². The molecule has 0 aromatic heterocycles. The number of thioether (sulfide) groups is 1. The minimum Gasteiger partial charge on any atom is -0.502 e. The molecule has 2 aromatic carbocycles. The normalized spacial score (nSPS) is 16.3. The number of nitrogens with one attached hydrogen (secondary N) is 1. The molecule has 3 rings (SSSR count). The van der Waals surface area contributed by atoms with E-state index in [1.807, 2.05) is 0 Å². The van der Waals surface area contributed by atoms with E-state index in [9.17, 15) is 19.8 Å². The number of aromatic carboxylic acids is 1. The number of aliphatic imine (C=N–C) groups is 1. The fourth-order valence-electron chi connectivity index (χ4n) is 2.49. The van der Waals surface area contributed by atoms with E-state index in [-0.39, 0.29) is 39.6 Å². The van der Waals surface area contributed by atoms with Crippen molar-refractivity contribution in [1.82, 2.24) is 5.32 Å². The first-order valence-electron chi connectivity index (χ1n) is 8.00. The van der Waals surface area contributed by atoms with Crippen LogP contribution in [-0.4, -0.2) is 41.5 Å². The number of amidine groups is 1. The second-order valence-corrected chi connectivity index (χ2v) is 6.61. The van der Waals surface area contributed by atoms with E-state index >= 15 is 0 Å². The second kappa shape index (κ2) is 8.05. The monoisotopic (exact) mass is 400 g/mol. The quantitative estimate of drug-likeness (QED) is 0.661. The summed E-state index contributed by atoms with van der Waals surface area (Å²) in [6.45, 7) is 0. The highest BCUT2D eigenvalue weighted by molar-refractivity contribution is 8.18. The molecule has 1 aliphatic rings. The van der Waals surface area contributed by atoms with Gasteiger partial charge in [-0.05, 0) is 47.7 Å². The van der Waals surface area contributed by atoms with Gasteiger partial charge < -0.3 is 25.0 Å². The standard InChI is InChI=1S/C19H16N2O6S/c1-26-13-7-10(8-14(27-2)16(13)22)9-15-17(23)21-19(28-15)20-12-6-4-3-5-11(12)18(24)25/h3-9,22H,1-2H3,(H,24,25)(H,20,21,23)/b15-9-. The van der Waals surface area contributed by atoms with Crippen molar-refractivity contribution in [2.45, 2.75) is 0 Å². The van der Waals surface area contributed by atoms with Gasteiger partial charge in [0.15, 0.2) is 16.7 Å². The van der Waals surface area contributed by atoms with Crippen LogP contribution in [0.3, 0.4) is 0 Å². The SMILES string of the molecule is COc1cc(/C=C2\SC(=Nc3ccccc3C(=O)O)NC2=O)cc(OC)c1O. The maximum absolute atomic E-state index is 12.3. The van der Waals surface area contributed by atoms with Gasteiger partial charge in [0.2, 0.25) is 5.75 Å². The molecule has 1 saturated heterocycles. The summed E-state index contributed by atoms with van der Waals surface area (Å²) in [7, 11) is 2.82. The Labute approximate surface area is 164 Å². The van der Waals surface area contributed by atoms with Gasteiger partial charge in [-0.25, -0.2) is 9.79 Å². The van der Waals surface area contributed by atoms with Crippen LogP contribution in [0.5, 0.6) is 17.2 Å². The van der Waals surface area contributed by atoms with Crippen molar-refractivity contribution in [1.29, 1.82) is 0 Å². The molecule has 0 spiro atoms. The minimum atomic E-state index is -1.10. The molecule has 1 aliphatic heterocycles. The molecule has 9 heteroatoms. The number of ether oxygens (including phenoxy) is 2. The third kappa shape index (κ3) is 3.94. The average Bonchev–Trinajstić information content (AvgIpc) is 3.02. The van der Waals surface area contributed by atoms with E-state index in [1.54, 1.807) is 36.4 Å². The summed E-state index contributed by atoms with van der Waals surface area (Å²) in [4.78, 5) is 28.1. The molecule has 28 heavy (non-hydrogen) atoms. The van der Waals surface area contributed by atoms with Crippen LogP contribution in [0, 0.1) is 0 Å². The molecular formula is C19H16N2O6S. The number of hydrogen-bond donors (Lipinski definition) is 3. The molecule has 0 atom stereocenters. The molecule has 1 fully saturated rings. The van der Waals surface area contributed by atoms with Gasteiger partial charge in [-0.2, -0.15) is 0 Å². The third-order valence-corrected chi connectivity index (χ3v) is 4.72. The molecule has 0 saturated carbocycles. The first-order chi connectivity index (χ1) is 13.4. The van der Waals surface area contributed by atoms with Crippen molar-refractivity contribution in [3.05, 3.63) is 52.4 Å². The third-order valence-electron chi connectivity index (χ3n) is 3.81. The largest absolute Gasteiger partial charge is 0.502 e. The lowest BCUT2D eigenvalue weighted by Gasteiger charge is -2.09. The highest BCUT2D eigenvalue weighted by Gasteiger charge is 2.25. The van der Waals surface area contributed by atoms with Crippen LogP contribution < -0.4 is 14.8 Å². The van der Waals surface area contributed by atoms with Gasteiger partial charge in [-0.3, -0.25) is 4.79 Å². The number of carboxylic acid groups (broad SMARTS) is 1. The Bertz CT molecular complexity index is 990. The van der Waals surface area contributed by atoms with Crippen molar-refractivity contribution < 1.29 is 29.3 Å². The van der Waals surface area contributed by atoms with Gasteiger partial charge >= 0.3 is 5.97 Å². The second-order valence-electron chi connectivity index (χ2n) is 5.58. The number of rotatable bonds is 5. The van der Waals surface area contributed by atoms with Gasteiger partial charge in [0.25, 0.3) is 5.91 Å². The maximum Gasteiger partial charge on any atom is 0.337 e. The Morgan fingerprint density at radius 1 is 1.18 bits per heavy atom. The first kappa shape index (κ1) is 19.3. The molecule has 0 unspecified atom stereocenters. The van der Waals surface area contributed by atoms with Crippen molar-refractivity contribution >= 4 is 40.6 Å². The van der Waals surface area contributed by atoms with Crippen LogP contribution in [-0.2, 0) is 4.79 Å². The summed E-state index contributed by atoms with van der Waals surface area (Å²) >= 11 is 1.07. The molecule has 0 aliphatic carbocycles. The predicted molar refractivity (Wildman–Crippen MR) is 105 cm³/mol. The van der Waals surface area contributed by atoms with E-state index in [0.29, 0.717) is 10.5 Å². The number of amides is 1. The number of hydrogen-bond acceptors (Lipinski definition) is 7. The molecule has 0 bridgehead atoms. The number of aromatic hydroxyl groups is 1. The van der Waals surface area contributed by atoms with Gasteiger partial charge in [0.1, 0.15) is 0 Å². The smallest absolute Gasteiger partial charge is 0.337 e. The number of carboxylic acids is 1. The summed E-state index contributed by atoms with van der Waals surface area (Å²) < 4.78 is 10.2. The number of carbonyl (C=O) groups excluding carboxylic acids is 1. The maximum atomic E-state index is 12.3. The summed E-state index contributed by atoms with van der Waals surface area (Å²) in [5, 5.41) is 22.1. The van der Waals surface area contributed by atoms with Gasteiger partial charge in [0, 0.05) is 0 Å². The number of para-hydroxylation sites is 1. The zero-order chi connectivity index (χ0) is 20.3. The minimum absolute atomic E-state index is 0.0373. The van der Waals surface area contributed by atoms with Crippen LogP contribution in [0.15, 0.2) is 46.3 Å². The van der Waals surface area contributed by atoms with Gasteiger partial charge in [0.05, 0.1) is 30.4 Å². The predicted octanol–water partition coefficient (Wildman–Crippen LogP) is 3.00. The Hall–Kier alpha value is -3.46. The summed E-state index contributed by atoms with van der Waals surface area (Å²) in [6.07, 6.45) is 1.59. The van der Waals surface area contributed by atoms with E-state index in [1.165, 1.54) is 20.3 Å². The lowest BCUT2D eigenvalue weighted by atomic mass is 10.1. The van der Waals surface area contributed by atoms with Crippen molar-refractivity contribution in [3.63, 3.8) is 0 Å². The Morgan fingerprint density at radius 3 is 2.43 bits per heavy atom. The fourth-order valence-corrected chi connectivity index (χ4v) is 3.33. The zero-order valence-electron chi connectivity index (χ0n) is 14.9. The van der Waals surface area contributed by atoms with Crippen molar-refractivity contribution in [3.8, 4) is 17.2 Å². The molecular weight excluding hydrogens is 384 g/mol. The molecule has 1 heterocycles. The first-order valence-corrected chi connectivity index (χ1v) is 8.81. The topological polar surface area (TPSA) is 117 Å². The molecule has 144 valence electrons.